The molecule has 2 aliphatic heterocycles. The van der Waals surface area contributed by atoms with Crippen LogP contribution < -0.4 is 0 Å². The average molecular weight is 520 g/mol. The van der Waals surface area contributed by atoms with E-state index >= 15 is 0 Å². The molecule has 210 valence electrons. The van der Waals surface area contributed by atoms with Crippen LogP contribution in [0.5, 0.6) is 0 Å². The van der Waals surface area contributed by atoms with E-state index in [1.54, 1.807) is 13.0 Å². The van der Waals surface area contributed by atoms with Gasteiger partial charge in [0.2, 0.25) is 5.91 Å². The Kier molecular flexibility index (Phi) is 12.1. The highest BCUT2D eigenvalue weighted by molar-refractivity contribution is 5.76. The molecular weight excluding hydrogens is 470 g/mol. The van der Waals surface area contributed by atoms with E-state index in [4.69, 9.17) is 9.47 Å². The van der Waals surface area contributed by atoms with E-state index in [1.807, 2.05) is 57.0 Å². The molecule has 7 heteroatoms. The molecule has 2 heterocycles. The molecule has 1 fully saturated rings. The van der Waals surface area contributed by atoms with Crippen molar-refractivity contribution in [3.05, 3.63) is 36.0 Å². The highest BCUT2D eigenvalue weighted by Crippen LogP contribution is 2.37. The highest BCUT2D eigenvalue weighted by Gasteiger charge is 2.47. The van der Waals surface area contributed by atoms with E-state index in [0.29, 0.717) is 19.3 Å². The third-order valence-corrected chi connectivity index (χ3v) is 7.70. The Bertz CT molecular complexity index is 847. The van der Waals surface area contributed by atoms with Crippen LogP contribution in [-0.2, 0) is 19.1 Å². The lowest BCUT2D eigenvalue weighted by Gasteiger charge is -2.33. The van der Waals surface area contributed by atoms with E-state index < -0.39 is 11.7 Å². The van der Waals surface area contributed by atoms with Crippen molar-refractivity contribution in [2.24, 2.45) is 11.8 Å². The molecule has 37 heavy (non-hydrogen) atoms. The van der Waals surface area contributed by atoms with Crippen molar-refractivity contribution in [1.82, 2.24) is 4.90 Å². The van der Waals surface area contributed by atoms with Crippen molar-refractivity contribution in [1.29, 1.82) is 0 Å². The molecule has 0 bridgehead atoms. The lowest BCUT2D eigenvalue weighted by molar-refractivity contribution is -0.144. The minimum Gasteiger partial charge on any atom is -0.458 e. The van der Waals surface area contributed by atoms with E-state index in [9.17, 15) is 19.8 Å². The van der Waals surface area contributed by atoms with Gasteiger partial charge in [0.25, 0.3) is 0 Å². The monoisotopic (exact) mass is 519 g/mol. The van der Waals surface area contributed by atoms with Crippen molar-refractivity contribution in [3.63, 3.8) is 0 Å². The van der Waals surface area contributed by atoms with Crippen LogP contribution in [-0.4, -0.2) is 70.1 Å². The maximum Gasteiger partial charge on any atom is 0.303 e. The summed E-state index contributed by atoms with van der Waals surface area (Å²) in [5.41, 5.74) is -0.0502. The molecule has 0 aromatic carbocycles. The average Bonchev–Trinajstić information content (AvgIpc) is 3.57. The van der Waals surface area contributed by atoms with E-state index in [0.717, 1.165) is 31.3 Å². The predicted molar refractivity (Wildman–Crippen MR) is 146 cm³/mol. The number of hydrogen-bond donors (Lipinski definition) is 2. The summed E-state index contributed by atoms with van der Waals surface area (Å²) in [6, 6.07) is -0.164. The standard InChI is InChI=1S/C30H49NO6/c1-8-25(33)22(4)29-26(37-29)19-30(6,35)18-12-13-20(2)28-21(3)16-17-24(36-23(5)32)14-10-9-11-15-27(34)31(28)7/h12-13,16-18,21-22,24-26,28-29,33,35H,8-11,14-15,19H2,1-7H3/b17-16+,18-12+,20-13+. The van der Waals surface area contributed by atoms with Gasteiger partial charge in [0.1, 0.15) is 6.10 Å². The molecule has 0 aliphatic carbocycles. The van der Waals surface area contributed by atoms with Crippen LogP contribution in [0.25, 0.3) is 0 Å². The first kappa shape index (κ1) is 31.3. The number of amides is 1. The minimum absolute atomic E-state index is 0.00342. The van der Waals surface area contributed by atoms with Gasteiger partial charge in [-0.1, -0.05) is 57.1 Å². The second-order valence-corrected chi connectivity index (χ2v) is 11.2. The molecule has 2 aliphatic rings. The quantitative estimate of drug-likeness (QED) is 0.198. The summed E-state index contributed by atoms with van der Waals surface area (Å²) >= 11 is 0. The lowest BCUT2D eigenvalue weighted by atomic mass is 9.90. The number of aliphatic hydroxyl groups is 2. The first-order valence-electron chi connectivity index (χ1n) is 13.9. The topological polar surface area (TPSA) is 99.6 Å². The number of likely N-dealkylation sites (N-methyl/N-ethyl adjacent to an activating group) is 1. The number of aliphatic hydroxyl groups excluding tert-OH is 1. The summed E-state index contributed by atoms with van der Waals surface area (Å²) < 4.78 is 11.2. The van der Waals surface area contributed by atoms with Gasteiger partial charge in [-0.05, 0) is 51.5 Å². The van der Waals surface area contributed by atoms with Crippen molar-refractivity contribution < 1.29 is 29.3 Å². The number of rotatable bonds is 9. The molecule has 0 aromatic rings. The summed E-state index contributed by atoms with van der Waals surface area (Å²) in [4.78, 5) is 26.3. The fourth-order valence-electron chi connectivity index (χ4n) is 5.37. The number of ether oxygens (including phenoxy) is 2. The molecule has 8 atom stereocenters. The Balaban J connectivity index is 2.13. The lowest BCUT2D eigenvalue weighted by Crippen LogP contribution is -2.41. The van der Waals surface area contributed by atoms with Gasteiger partial charge >= 0.3 is 5.97 Å². The Morgan fingerprint density at radius 3 is 2.65 bits per heavy atom. The first-order chi connectivity index (χ1) is 17.4. The molecule has 2 rings (SSSR count). The van der Waals surface area contributed by atoms with E-state index in [-0.39, 0.29) is 48.1 Å². The third-order valence-electron chi connectivity index (χ3n) is 7.70. The van der Waals surface area contributed by atoms with Crippen molar-refractivity contribution in [2.75, 3.05) is 7.05 Å². The van der Waals surface area contributed by atoms with Crippen LogP contribution in [0.2, 0.25) is 0 Å². The second kappa shape index (κ2) is 14.3. The number of allylic oxidation sites excluding steroid dienone is 2. The smallest absolute Gasteiger partial charge is 0.303 e. The van der Waals surface area contributed by atoms with Gasteiger partial charge in [-0.3, -0.25) is 9.59 Å². The molecule has 8 unspecified atom stereocenters. The summed E-state index contributed by atoms with van der Waals surface area (Å²) in [6.07, 6.45) is 13.9. The molecule has 1 saturated heterocycles. The van der Waals surface area contributed by atoms with Gasteiger partial charge < -0.3 is 24.6 Å². The maximum atomic E-state index is 12.9. The maximum absolute atomic E-state index is 12.9. The van der Waals surface area contributed by atoms with Crippen LogP contribution >= 0.6 is 0 Å². The number of esters is 1. The minimum atomic E-state index is -1.05. The van der Waals surface area contributed by atoms with Gasteiger partial charge in [-0.2, -0.15) is 0 Å². The summed E-state index contributed by atoms with van der Waals surface area (Å²) in [5, 5.41) is 21.0. The van der Waals surface area contributed by atoms with E-state index in [2.05, 4.69) is 6.92 Å². The summed E-state index contributed by atoms with van der Waals surface area (Å²) in [6.45, 7) is 11.2. The van der Waals surface area contributed by atoms with Gasteiger partial charge in [0, 0.05) is 32.7 Å². The molecule has 0 spiro atoms. The zero-order valence-electron chi connectivity index (χ0n) is 23.9. The molecular formula is C30H49NO6. The SMILES string of the molecule is CCC(O)C(C)C1OC1CC(C)(O)/C=C/C=C(\C)C1C(C)/C=C/C(OC(C)=O)CCCCCC(=O)N1C. The zero-order valence-corrected chi connectivity index (χ0v) is 23.9. The van der Waals surface area contributed by atoms with E-state index in [1.165, 1.54) is 6.92 Å². The second-order valence-electron chi connectivity index (χ2n) is 11.2. The largest absolute Gasteiger partial charge is 0.458 e. The van der Waals surface area contributed by atoms with Crippen LogP contribution in [0, 0.1) is 11.8 Å². The zero-order chi connectivity index (χ0) is 27.8. The number of carbonyl (C=O) groups is 2. The van der Waals surface area contributed by atoms with Crippen molar-refractivity contribution in [3.8, 4) is 0 Å². The fourth-order valence-corrected chi connectivity index (χ4v) is 5.37. The van der Waals surface area contributed by atoms with Crippen LogP contribution in [0.15, 0.2) is 36.0 Å². The molecule has 0 saturated carbocycles. The molecule has 2 N–H and O–H groups in total. The fraction of sp³-hybridized carbons (Fsp3) is 0.733. The highest BCUT2D eigenvalue weighted by atomic mass is 16.6. The Labute approximate surface area is 223 Å². The van der Waals surface area contributed by atoms with Crippen LogP contribution in [0.4, 0.5) is 0 Å². The summed E-state index contributed by atoms with van der Waals surface area (Å²) in [5.74, 6) is -0.124. The van der Waals surface area contributed by atoms with Gasteiger partial charge in [0.15, 0.2) is 0 Å². The molecule has 1 amide bonds. The molecule has 0 aromatic heterocycles. The number of nitrogens with zero attached hydrogens (tertiary/aromatic N) is 1. The number of epoxide rings is 1. The van der Waals surface area contributed by atoms with Gasteiger partial charge in [-0.25, -0.2) is 0 Å². The normalized spacial score (nSPS) is 32.1. The third kappa shape index (κ3) is 10.0. The molecule has 0 radical (unpaired) electrons. The van der Waals surface area contributed by atoms with Crippen molar-refractivity contribution in [2.45, 2.75) is 123 Å². The number of carbonyl (C=O) groups excluding carboxylic acids is 2. The van der Waals surface area contributed by atoms with Gasteiger partial charge in [0.05, 0.1) is 30.0 Å². The van der Waals surface area contributed by atoms with Crippen LogP contribution in [0.1, 0.15) is 86.5 Å². The van der Waals surface area contributed by atoms with Crippen LogP contribution in [0.3, 0.4) is 0 Å². The first-order valence-corrected chi connectivity index (χ1v) is 13.9. The number of hydrogen-bond acceptors (Lipinski definition) is 6. The predicted octanol–water partition coefficient (Wildman–Crippen LogP) is 4.72. The van der Waals surface area contributed by atoms with Gasteiger partial charge in [-0.15, -0.1) is 0 Å². The summed E-state index contributed by atoms with van der Waals surface area (Å²) in [7, 11) is 1.85. The Hall–Kier alpha value is -1.96. The Morgan fingerprint density at radius 1 is 1.30 bits per heavy atom. The Morgan fingerprint density at radius 2 is 2.00 bits per heavy atom. The molecule has 7 nitrogen and oxygen atoms in total. The van der Waals surface area contributed by atoms with Crippen molar-refractivity contribution >= 4 is 11.9 Å².